The molecule has 88 valence electrons. The first-order valence-corrected chi connectivity index (χ1v) is 6.13. The van der Waals surface area contributed by atoms with Crippen molar-refractivity contribution in [2.75, 3.05) is 6.61 Å². The lowest BCUT2D eigenvalue weighted by Crippen LogP contribution is -2.04. The van der Waals surface area contributed by atoms with E-state index < -0.39 is 5.97 Å². The van der Waals surface area contributed by atoms with Gasteiger partial charge in [-0.05, 0) is 24.5 Å². The lowest BCUT2D eigenvalue weighted by Gasteiger charge is -2.02. The zero-order valence-electron chi connectivity index (χ0n) is 9.01. The van der Waals surface area contributed by atoms with Gasteiger partial charge in [0.2, 0.25) is 0 Å². The molecule has 0 fully saturated rings. The molecular weight excluding hydrogens is 260 g/mol. The van der Waals surface area contributed by atoms with Gasteiger partial charge in [-0.1, -0.05) is 34.3 Å². The van der Waals surface area contributed by atoms with Gasteiger partial charge >= 0.3 is 5.97 Å². The molecule has 2 rings (SSSR count). The summed E-state index contributed by atoms with van der Waals surface area (Å²) in [7, 11) is 0. The SMILES string of the molecule is CCOC(=O)c1snnc1-c1ccccc1Cl. The van der Waals surface area contributed by atoms with Crippen LogP contribution in [0.5, 0.6) is 0 Å². The maximum absolute atomic E-state index is 11.7. The number of hydrogen-bond acceptors (Lipinski definition) is 5. The zero-order chi connectivity index (χ0) is 12.3. The lowest BCUT2D eigenvalue weighted by atomic mass is 10.1. The molecule has 17 heavy (non-hydrogen) atoms. The molecule has 0 radical (unpaired) electrons. The van der Waals surface area contributed by atoms with Crippen LogP contribution in [0.1, 0.15) is 16.6 Å². The van der Waals surface area contributed by atoms with Gasteiger partial charge in [0.25, 0.3) is 0 Å². The van der Waals surface area contributed by atoms with Crippen LogP contribution in [0.4, 0.5) is 0 Å². The third kappa shape index (κ3) is 2.45. The van der Waals surface area contributed by atoms with Crippen molar-refractivity contribution in [3.63, 3.8) is 0 Å². The van der Waals surface area contributed by atoms with Crippen molar-refractivity contribution < 1.29 is 9.53 Å². The summed E-state index contributed by atoms with van der Waals surface area (Å²) in [5, 5.41) is 4.47. The molecule has 0 aliphatic heterocycles. The number of esters is 1. The standard InChI is InChI=1S/C11H9ClN2O2S/c1-2-16-11(15)10-9(13-14-17-10)7-5-3-4-6-8(7)12/h3-6H,2H2,1H3. The number of ether oxygens (including phenoxy) is 1. The molecule has 0 saturated carbocycles. The second kappa shape index (κ2) is 5.25. The van der Waals surface area contributed by atoms with Crippen LogP contribution in [0.25, 0.3) is 11.3 Å². The van der Waals surface area contributed by atoms with E-state index in [1.54, 1.807) is 19.1 Å². The maximum atomic E-state index is 11.7. The van der Waals surface area contributed by atoms with E-state index in [1.165, 1.54) is 0 Å². The van der Waals surface area contributed by atoms with E-state index in [9.17, 15) is 4.79 Å². The fourth-order valence-corrected chi connectivity index (χ4v) is 2.15. The van der Waals surface area contributed by atoms with E-state index in [-0.39, 0.29) is 0 Å². The minimum absolute atomic E-state index is 0.318. The van der Waals surface area contributed by atoms with Crippen molar-refractivity contribution in [1.82, 2.24) is 9.59 Å². The summed E-state index contributed by atoms with van der Waals surface area (Å²) >= 11 is 7.06. The summed E-state index contributed by atoms with van der Waals surface area (Å²) < 4.78 is 8.71. The molecule has 4 nitrogen and oxygen atoms in total. The Balaban J connectivity index is 2.44. The van der Waals surface area contributed by atoms with Crippen molar-refractivity contribution in [3.8, 4) is 11.3 Å². The van der Waals surface area contributed by atoms with Crippen molar-refractivity contribution in [2.24, 2.45) is 0 Å². The van der Waals surface area contributed by atoms with Gasteiger partial charge in [0.1, 0.15) is 5.69 Å². The monoisotopic (exact) mass is 268 g/mol. The molecule has 1 aromatic heterocycles. The number of benzene rings is 1. The first-order valence-electron chi connectivity index (χ1n) is 4.98. The van der Waals surface area contributed by atoms with Crippen molar-refractivity contribution in [1.29, 1.82) is 0 Å². The molecule has 0 spiro atoms. The number of hydrogen-bond donors (Lipinski definition) is 0. The molecular formula is C11H9ClN2O2S. The number of carbonyl (C=O) groups is 1. The highest BCUT2D eigenvalue weighted by Crippen LogP contribution is 2.30. The Hall–Kier alpha value is -1.46. The molecule has 2 aromatic rings. The summed E-state index contributed by atoms with van der Waals surface area (Å²) in [4.78, 5) is 12.1. The molecule has 1 aromatic carbocycles. The van der Waals surface area contributed by atoms with E-state index in [0.717, 1.165) is 11.5 Å². The molecule has 0 atom stereocenters. The number of halogens is 1. The highest BCUT2D eigenvalue weighted by atomic mass is 35.5. The van der Waals surface area contributed by atoms with Crippen LogP contribution in [-0.2, 0) is 4.74 Å². The van der Waals surface area contributed by atoms with Gasteiger partial charge in [0.05, 0.1) is 11.6 Å². The van der Waals surface area contributed by atoms with Crippen LogP contribution in [-0.4, -0.2) is 22.2 Å². The van der Waals surface area contributed by atoms with Gasteiger partial charge < -0.3 is 4.74 Å². The summed E-state index contributed by atoms with van der Waals surface area (Å²) in [6.45, 7) is 2.07. The second-order valence-electron chi connectivity index (χ2n) is 3.15. The maximum Gasteiger partial charge on any atom is 0.352 e. The van der Waals surface area contributed by atoms with Gasteiger partial charge in [-0.25, -0.2) is 4.79 Å². The minimum Gasteiger partial charge on any atom is -0.462 e. The second-order valence-corrected chi connectivity index (χ2v) is 4.31. The topological polar surface area (TPSA) is 52.1 Å². The van der Waals surface area contributed by atoms with Gasteiger partial charge in [0, 0.05) is 5.56 Å². The summed E-state index contributed by atoms with van der Waals surface area (Å²) in [6.07, 6.45) is 0. The van der Waals surface area contributed by atoms with Gasteiger partial charge in [-0.3, -0.25) is 0 Å². The minimum atomic E-state index is -0.419. The zero-order valence-corrected chi connectivity index (χ0v) is 10.6. The average Bonchev–Trinajstić information content (AvgIpc) is 2.79. The first-order chi connectivity index (χ1) is 8.24. The van der Waals surface area contributed by atoms with Crippen molar-refractivity contribution in [3.05, 3.63) is 34.2 Å². The van der Waals surface area contributed by atoms with E-state index in [1.807, 2.05) is 12.1 Å². The van der Waals surface area contributed by atoms with Crippen LogP contribution >= 0.6 is 23.1 Å². The van der Waals surface area contributed by atoms with Crippen molar-refractivity contribution >= 4 is 29.1 Å². The van der Waals surface area contributed by atoms with Crippen LogP contribution < -0.4 is 0 Å². The van der Waals surface area contributed by atoms with E-state index in [2.05, 4.69) is 9.59 Å². The molecule has 0 aliphatic rings. The van der Waals surface area contributed by atoms with Gasteiger partial charge in [-0.2, -0.15) is 0 Å². The Morgan fingerprint density at radius 1 is 1.47 bits per heavy atom. The van der Waals surface area contributed by atoms with E-state index in [0.29, 0.717) is 27.8 Å². The Kier molecular flexibility index (Phi) is 3.71. The number of aromatic nitrogens is 2. The van der Waals surface area contributed by atoms with Crippen LogP contribution in [0.2, 0.25) is 5.02 Å². The normalized spacial score (nSPS) is 10.2. The third-order valence-corrected chi connectivity index (χ3v) is 3.11. The Morgan fingerprint density at radius 3 is 2.94 bits per heavy atom. The highest BCUT2D eigenvalue weighted by molar-refractivity contribution is 7.08. The van der Waals surface area contributed by atoms with Gasteiger partial charge in [0.15, 0.2) is 4.88 Å². The quantitative estimate of drug-likeness (QED) is 0.803. The smallest absolute Gasteiger partial charge is 0.352 e. The summed E-state index contributed by atoms with van der Waals surface area (Å²) in [5.41, 5.74) is 1.16. The van der Waals surface area contributed by atoms with Gasteiger partial charge in [-0.15, -0.1) is 5.10 Å². The lowest BCUT2D eigenvalue weighted by molar-refractivity contribution is 0.0532. The molecule has 0 amide bonds. The van der Waals surface area contributed by atoms with E-state index in [4.69, 9.17) is 16.3 Å². The number of nitrogens with zero attached hydrogens (tertiary/aromatic N) is 2. The molecule has 6 heteroatoms. The average molecular weight is 269 g/mol. The third-order valence-electron chi connectivity index (χ3n) is 2.08. The summed E-state index contributed by atoms with van der Waals surface area (Å²) in [5.74, 6) is -0.419. The predicted molar refractivity (Wildman–Crippen MR) is 66.3 cm³/mol. The Bertz CT molecular complexity index is 542. The highest BCUT2D eigenvalue weighted by Gasteiger charge is 2.20. The number of carbonyl (C=O) groups excluding carboxylic acids is 1. The summed E-state index contributed by atoms with van der Waals surface area (Å²) in [6, 6.07) is 7.18. The largest absolute Gasteiger partial charge is 0.462 e. The van der Waals surface area contributed by atoms with Crippen LogP contribution in [0.3, 0.4) is 0 Å². The Labute approximate surface area is 107 Å². The van der Waals surface area contributed by atoms with Crippen LogP contribution in [0.15, 0.2) is 24.3 Å². The molecule has 0 bridgehead atoms. The molecule has 0 aliphatic carbocycles. The fraction of sp³-hybridized carbons (Fsp3) is 0.182. The Morgan fingerprint density at radius 2 is 2.24 bits per heavy atom. The molecule has 0 N–H and O–H groups in total. The predicted octanol–water partition coefficient (Wildman–Crippen LogP) is 3.04. The fourth-order valence-electron chi connectivity index (χ4n) is 1.35. The molecule has 1 heterocycles. The molecule has 0 saturated heterocycles. The first kappa shape index (κ1) is 12.0. The van der Waals surface area contributed by atoms with Crippen molar-refractivity contribution in [2.45, 2.75) is 6.92 Å². The molecule has 0 unspecified atom stereocenters. The van der Waals surface area contributed by atoms with Crippen LogP contribution in [0, 0.1) is 0 Å². The van der Waals surface area contributed by atoms with E-state index >= 15 is 0 Å². The number of rotatable bonds is 3.